The second-order valence-corrected chi connectivity index (χ2v) is 4.87. The van der Waals surface area contributed by atoms with Crippen LogP contribution in [0.15, 0.2) is 23.4 Å². The summed E-state index contributed by atoms with van der Waals surface area (Å²) in [7, 11) is 0. The number of nitrogens with two attached hydrogens (primary N) is 1. The van der Waals surface area contributed by atoms with E-state index >= 15 is 0 Å². The average molecular weight is 210 g/mol. The van der Waals surface area contributed by atoms with Crippen LogP contribution in [0.5, 0.6) is 0 Å². The van der Waals surface area contributed by atoms with Gasteiger partial charge in [0.15, 0.2) is 0 Å². The lowest BCUT2D eigenvalue weighted by atomic mass is 10.1. The van der Waals surface area contributed by atoms with Crippen molar-refractivity contribution in [2.75, 3.05) is 11.5 Å². The fraction of sp³-hybridized carbons (Fsp3) is 0.545. The summed E-state index contributed by atoms with van der Waals surface area (Å²) in [6.45, 7) is 4.50. The van der Waals surface area contributed by atoms with Gasteiger partial charge in [0.2, 0.25) is 0 Å². The summed E-state index contributed by atoms with van der Waals surface area (Å²) in [5.74, 6) is 1.90. The van der Waals surface area contributed by atoms with Crippen LogP contribution in [0.4, 0.5) is 5.69 Å². The molecule has 2 N–H and O–H groups in total. The van der Waals surface area contributed by atoms with E-state index in [2.05, 4.69) is 18.8 Å². The van der Waals surface area contributed by atoms with Gasteiger partial charge in [0.05, 0.1) is 5.69 Å². The Kier molecular flexibility index (Phi) is 4.80. The number of nitrogen functional groups attached to an aromatic ring is 1. The van der Waals surface area contributed by atoms with Gasteiger partial charge in [-0.25, -0.2) is 4.98 Å². The zero-order valence-electron chi connectivity index (χ0n) is 8.86. The third-order valence-electron chi connectivity index (χ3n) is 1.97. The van der Waals surface area contributed by atoms with Gasteiger partial charge in [-0.15, -0.1) is 11.8 Å². The minimum Gasteiger partial charge on any atom is -0.397 e. The van der Waals surface area contributed by atoms with Gasteiger partial charge in [-0.1, -0.05) is 20.3 Å². The van der Waals surface area contributed by atoms with E-state index in [-0.39, 0.29) is 0 Å². The Balaban J connectivity index is 2.28. The normalized spacial score (nSPS) is 10.8. The molecule has 0 atom stereocenters. The highest BCUT2D eigenvalue weighted by molar-refractivity contribution is 7.99. The van der Waals surface area contributed by atoms with Gasteiger partial charge in [0.25, 0.3) is 0 Å². The highest BCUT2D eigenvalue weighted by Crippen LogP contribution is 2.23. The Morgan fingerprint density at radius 3 is 2.93 bits per heavy atom. The first-order chi connectivity index (χ1) is 6.70. The molecule has 1 rings (SSSR count). The summed E-state index contributed by atoms with van der Waals surface area (Å²) in [6.07, 6.45) is 4.30. The molecular formula is C11H18N2S. The predicted molar refractivity (Wildman–Crippen MR) is 63.4 cm³/mol. The molecule has 2 nitrogen and oxygen atoms in total. The summed E-state index contributed by atoms with van der Waals surface area (Å²) in [5.41, 5.74) is 6.57. The maximum Gasteiger partial charge on any atom is 0.119 e. The van der Waals surface area contributed by atoms with Gasteiger partial charge in [-0.3, -0.25) is 0 Å². The van der Waals surface area contributed by atoms with Crippen molar-refractivity contribution in [2.45, 2.75) is 31.7 Å². The number of aromatic nitrogens is 1. The average Bonchev–Trinajstić information content (AvgIpc) is 2.15. The van der Waals surface area contributed by atoms with Crippen LogP contribution in [0.25, 0.3) is 0 Å². The molecule has 0 spiro atoms. The standard InChI is InChI=1S/C11H18N2S/c1-9(2)5-4-8-14-11-10(12)6-3-7-13-11/h3,6-7,9H,4-5,8,12H2,1-2H3. The van der Waals surface area contributed by atoms with Gasteiger partial charge in [0, 0.05) is 6.20 Å². The van der Waals surface area contributed by atoms with Gasteiger partial charge in [-0.2, -0.15) is 0 Å². The van der Waals surface area contributed by atoms with Gasteiger partial charge >= 0.3 is 0 Å². The number of nitrogens with zero attached hydrogens (tertiary/aromatic N) is 1. The molecule has 3 heteroatoms. The van der Waals surface area contributed by atoms with E-state index < -0.39 is 0 Å². The van der Waals surface area contributed by atoms with E-state index in [1.165, 1.54) is 12.8 Å². The Morgan fingerprint density at radius 1 is 1.50 bits per heavy atom. The smallest absolute Gasteiger partial charge is 0.119 e. The van der Waals surface area contributed by atoms with Crippen molar-refractivity contribution in [3.63, 3.8) is 0 Å². The Morgan fingerprint density at radius 2 is 2.29 bits per heavy atom. The first-order valence-electron chi connectivity index (χ1n) is 5.03. The first-order valence-corrected chi connectivity index (χ1v) is 6.02. The molecule has 78 valence electrons. The van der Waals surface area contributed by atoms with E-state index in [1.807, 2.05) is 12.1 Å². The first kappa shape index (κ1) is 11.4. The molecule has 0 radical (unpaired) electrons. The van der Waals surface area contributed by atoms with E-state index in [4.69, 9.17) is 5.73 Å². The minimum absolute atomic E-state index is 0.789. The summed E-state index contributed by atoms with van der Waals surface area (Å²) < 4.78 is 0. The quantitative estimate of drug-likeness (QED) is 0.599. The van der Waals surface area contributed by atoms with Crippen LogP contribution in [-0.4, -0.2) is 10.7 Å². The zero-order chi connectivity index (χ0) is 10.4. The van der Waals surface area contributed by atoms with Crippen LogP contribution in [0, 0.1) is 5.92 Å². The van der Waals surface area contributed by atoms with Crippen molar-refractivity contribution < 1.29 is 0 Å². The Labute approximate surface area is 90.3 Å². The molecule has 0 saturated carbocycles. The van der Waals surface area contributed by atoms with Crippen LogP contribution in [0.1, 0.15) is 26.7 Å². The molecule has 0 bridgehead atoms. The maximum absolute atomic E-state index is 5.78. The predicted octanol–water partition coefficient (Wildman–Crippen LogP) is 3.19. The largest absolute Gasteiger partial charge is 0.397 e. The molecule has 0 aliphatic heterocycles. The molecule has 1 aromatic rings. The Bertz CT molecular complexity index is 274. The van der Waals surface area contributed by atoms with Crippen molar-refractivity contribution in [3.05, 3.63) is 18.3 Å². The van der Waals surface area contributed by atoms with Gasteiger partial charge in [0.1, 0.15) is 5.03 Å². The number of hydrogen-bond acceptors (Lipinski definition) is 3. The van der Waals surface area contributed by atoms with Crippen LogP contribution in [-0.2, 0) is 0 Å². The van der Waals surface area contributed by atoms with E-state index in [0.717, 1.165) is 22.4 Å². The SMILES string of the molecule is CC(C)CCCSc1ncccc1N. The second kappa shape index (κ2) is 5.91. The van der Waals surface area contributed by atoms with E-state index in [0.29, 0.717) is 0 Å². The maximum atomic E-state index is 5.78. The molecule has 0 aliphatic carbocycles. The second-order valence-electron chi connectivity index (χ2n) is 3.78. The topological polar surface area (TPSA) is 38.9 Å². The lowest BCUT2D eigenvalue weighted by molar-refractivity contribution is 0.579. The fourth-order valence-corrected chi connectivity index (χ4v) is 2.06. The Hall–Kier alpha value is -0.700. The minimum atomic E-state index is 0.789. The molecule has 1 heterocycles. The molecule has 0 aliphatic rings. The third kappa shape index (κ3) is 4.01. The molecule has 1 aromatic heterocycles. The molecular weight excluding hydrogens is 192 g/mol. The molecule has 0 amide bonds. The van der Waals surface area contributed by atoms with Crippen molar-refractivity contribution in [1.29, 1.82) is 0 Å². The number of thioether (sulfide) groups is 1. The summed E-state index contributed by atoms with van der Waals surface area (Å²) >= 11 is 1.75. The van der Waals surface area contributed by atoms with Crippen molar-refractivity contribution in [1.82, 2.24) is 4.98 Å². The molecule has 0 aromatic carbocycles. The summed E-state index contributed by atoms with van der Waals surface area (Å²) in [5, 5.41) is 0.969. The third-order valence-corrected chi connectivity index (χ3v) is 3.07. The zero-order valence-corrected chi connectivity index (χ0v) is 9.68. The monoisotopic (exact) mass is 210 g/mol. The molecule has 0 unspecified atom stereocenters. The number of hydrogen-bond donors (Lipinski definition) is 1. The van der Waals surface area contributed by atoms with Crippen LogP contribution < -0.4 is 5.73 Å². The number of rotatable bonds is 5. The fourth-order valence-electron chi connectivity index (χ4n) is 1.18. The van der Waals surface area contributed by atoms with Crippen LogP contribution in [0.2, 0.25) is 0 Å². The van der Waals surface area contributed by atoms with Crippen molar-refractivity contribution in [3.8, 4) is 0 Å². The number of anilines is 1. The van der Waals surface area contributed by atoms with Crippen LogP contribution >= 0.6 is 11.8 Å². The van der Waals surface area contributed by atoms with Gasteiger partial charge in [-0.05, 0) is 30.2 Å². The van der Waals surface area contributed by atoms with E-state index in [9.17, 15) is 0 Å². The van der Waals surface area contributed by atoms with Gasteiger partial charge < -0.3 is 5.73 Å². The molecule has 0 fully saturated rings. The molecule has 0 saturated heterocycles. The summed E-state index contributed by atoms with van der Waals surface area (Å²) in [4.78, 5) is 4.23. The lowest BCUT2D eigenvalue weighted by Crippen LogP contribution is -1.93. The van der Waals surface area contributed by atoms with Crippen molar-refractivity contribution >= 4 is 17.4 Å². The lowest BCUT2D eigenvalue weighted by Gasteiger charge is -2.05. The molecule has 14 heavy (non-hydrogen) atoms. The highest BCUT2D eigenvalue weighted by Gasteiger charge is 2.00. The van der Waals surface area contributed by atoms with Crippen LogP contribution in [0.3, 0.4) is 0 Å². The number of pyridine rings is 1. The summed E-state index contributed by atoms with van der Waals surface area (Å²) in [6, 6.07) is 3.77. The highest BCUT2D eigenvalue weighted by atomic mass is 32.2. The van der Waals surface area contributed by atoms with Crippen molar-refractivity contribution in [2.24, 2.45) is 5.92 Å². The van der Waals surface area contributed by atoms with E-state index in [1.54, 1.807) is 18.0 Å².